The second-order valence-electron chi connectivity index (χ2n) is 4.49. The molecule has 0 aromatic heterocycles. The van der Waals surface area contributed by atoms with Crippen molar-refractivity contribution in [1.29, 1.82) is 5.26 Å². The van der Waals surface area contributed by atoms with Crippen LogP contribution in [0.1, 0.15) is 18.4 Å². The lowest BCUT2D eigenvalue weighted by molar-refractivity contribution is -0.167. The van der Waals surface area contributed by atoms with Gasteiger partial charge in [-0.05, 0) is 31.0 Å². The predicted molar refractivity (Wildman–Crippen MR) is 67.3 cm³/mol. The fourth-order valence-corrected chi connectivity index (χ4v) is 2.14. The zero-order valence-corrected chi connectivity index (χ0v) is 10.5. The van der Waals surface area contributed by atoms with Gasteiger partial charge in [0.05, 0.1) is 11.3 Å². The number of hydrogen-bond acceptors (Lipinski definition) is 3. The van der Waals surface area contributed by atoms with Crippen LogP contribution in [0.2, 0.25) is 0 Å². The summed E-state index contributed by atoms with van der Waals surface area (Å²) in [6.45, 7) is 1.64. The van der Waals surface area contributed by atoms with Crippen molar-refractivity contribution in [3.05, 3.63) is 23.8 Å². The van der Waals surface area contributed by atoms with Crippen LogP contribution in [0.3, 0.4) is 0 Å². The average Bonchev–Trinajstić information content (AvgIpc) is 2.91. The van der Waals surface area contributed by atoms with Crippen molar-refractivity contribution in [1.82, 2.24) is 0 Å². The van der Waals surface area contributed by atoms with Gasteiger partial charge in [-0.25, -0.2) is 0 Å². The minimum absolute atomic E-state index is 0.0354. The highest BCUT2D eigenvalue weighted by Crippen LogP contribution is 2.27. The number of amides is 1. The van der Waals surface area contributed by atoms with Gasteiger partial charge >= 0.3 is 12.1 Å². The molecule has 1 saturated heterocycles. The predicted octanol–water partition coefficient (Wildman–Crippen LogP) is 2.66. The molecule has 0 unspecified atom stereocenters. The zero-order valence-electron chi connectivity index (χ0n) is 10.5. The Morgan fingerprint density at radius 2 is 1.95 bits per heavy atom. The molecule has 0 atom stereocenters. The maximum atomic E-state index is 12.2. The largest absolute Gasteiger partial charge is 0.471 e. The van der Waals surface area contributed by atoms with Gasteiger partial charge in [0.1, 0.15) is 6.07 Å². The van der Waals surface area contributed by atoms with Gasteiger partial charge in [-0.15, -0.1) is 0 Å². The zero-order chi connectivity index (χ0) is 14.8. The van der Waals surface area contributed by atoms with Crippen molar-refractivity contribution in [2.24, 2.45) is 0 Å². The third-order valence-electron chi connectivity index (χ3n) is 3.08. The molecule has 1 heterocycles. The molecular formula is C13H12F3N3O. The van der Waals surface area contributed by atoms with Crippen LogP contribution < -0.4 is 10.2 Å². The van der Waals surface area contributed by atoms with Crippen LogP contribution in [0.4, 0.5) is 24.5 Å². The number of nitrogens with one attached hydrogen (secondary N) is 1. The third-order valence-corrected chi connectivity index (χ3v) is 3.08. The molecule has 1 aliphatic rings. The fourth-order valence-electron chi connectivity index (χ4n) is 2.14. The maximum Gasteiger partial charge on any atom is 0.471 e. The lowest BCUT2D eigenvalue weighted by Gasteiger charge is -2.19. The Hall–Kier alpha value is -2.23. The summed E-state index contributed by atoms with van der Waals surface area (Å²) in [5.41, 5.74) is 0.911. The summed E-state index contributed by atoms with van der Waals surface area (Å²) in [7, 11) is 0. The third kappa shape index (κ3) is 3.02. The highest BCUT2D eigenvalue weighted by molar-refractivity contribution is 5.95. The Morgan fingerprint density at radius 3 is 2.50 bits per heavy atom. The van der Waals surface area contributed by atoms with Crippen molar-refractivity contribution < 1.29 is 18.0 Å². The smallest absolute Gasteiger partial charge is 0.370 e. The van der Waals surface area contributed by atoms with E-state index in [0.717, 1.165) is 25.9 Å². The highest BCUT2D eigenvalue weighted by atomic mass is 19.4. The fraction of sp³-hybridized carbons (Fsp3) is 0.385. The number of benzene rings is 1. The van der Waals surface area contributed by atoms with Crippen LogP contribution >= 0.6 is 0 Å². The lowest BCUT2D eigenvalue weighted by atomic mass is 10.1. The standard InChI is InChI=1S/C13H12F3N3O/c14-13(15,16)12(20)18-10-3-4-11(9(7-10)8-17)19-5-1-2-6-19/h3-4,7H,1-2,5-6H2,(H,18,20). The second-order valence-corrected chi connectivity index (χ2v) is 4.49. The van der Waals surface area contributed by atoms with Crippen molar-refractivity contribution in [2.75, 3.05) is 23.3 Å². The molecule has 1 fully saturated rings. The van der Waals surface area contributed by atoms with Gasteiger partial charge in [0.15, 0.2) is 0 Å². The summed E-state index contributed by atoms with van der Waals surface area (Å²) >= 11 is 0. The summed E-state index contributed by atoms with van der Waals surface area (Å²) in [6, 6.07) is 6.15. The molecule has 0 radical (unpaired) electrons. The van der Waals surface area contributed by atoms with Gasteiger partial charge in [-0.1, -0.05) is 0 Å². The Kier molecular flexibility index (Phi) is 3.84. The van der Waals surface area contributed by atoms with Gasteiger partial charge in [0.2, 0.25) is 0 Å². The molecule has 1 N–H and O–H groups in total. The number of nitrogens with zero attached hydrogens (tertiary/aromatic N) is 2. The first-order chi connectivity index (χ1) is 9.41. The van der Waals surface area contributed by atoms with Gasteiger partial charge < -0.3 is 10.2 Å². The quantitative estimate of drug-likeness (QED) is 0.907. The molecular weight excluding hydrogens is 271 g/mol. The molecule has 1 aliphatic heterocycles. The number of nitriles is 1. The van der Waals surface area contributed by atoms with E-state index in [9.17, 15) is 18.0 Å². The summed E-state index contributed by atoms with van der Waals surface area (Å²) in [6.07, 6.45) is -2.89. The van der Waals surface area contributed by atoms with Crippen molar-refractivity contribution >= 4 is 17.3 Å². The molecule has 20 heavy (non-hydrogen) atoms. The van der Waals surface area contributed by atoms with Crippen LogP contribution in [-0.4, -0.2) is 25.2 Å². The van der Waals surface area contributed by atoms with E-state index in [4.69, 9.17) is 5.26 Å². The Bertz CT molecular complexity index is 557. The minimum Gasteiger partial charge on any atom is -0.370 e. The van der Waals surface area contributed by atoms with Gasteiger partial charge in [0.25, 0.3) is 0 Å². The van der Waals surface area contributed by atoms with Crippen molar-refractivity contribution in [2.45, 2.75) is 19.0 Å². The van der Waals surface area contributed by atoms with Gasteiger partial charge in [-0.2, -0.15) is 18.4 Å². The number of halogens is 3. The van der Waals surface area contributed by atoms with Crippen LogP contribution in [0.15, 0.2) is 18.2 Å². The van der Waals surface area contributed by atoms with Gasteiger partial charge in [-0.3, -0.25) is 4.79 Å². The molecule has 106 valence electrons. The lowest BCUT2D eigenvalue weighted by Crippen LogP contribution is -2.30. The Labute approximate surface area is 113 Å². The first-order valence-electron chi connectivity index (χ1n) is 6.09. The highest BCUT2D eigenvalue weighted by Gasteiger charge is 2.38. The molecule has 0 spiro atoms. The number of carbonyl (C=O) groups excluding carboxylic acids is 1. The van der Waals surface area contributed by atoms with Crippen molar-refractivity contribution in [3.8, 4) is 6.07 Å². The van der Waals surface area contributed by atoms with Crippen LogP contribution in [0.5, 0.6) is 0 Å². The molecule has 2 rings (SSSR count). The van der Waals surface area contributed by atoms with E-state index in [2.05, 4.69) is 0 Å². The molecule has 1 aromatic rings. The minimum atomic E-state index is -4.94. The topological polar surface area (TPSA) is 56.1 Å². The molecule has 0 saturated carbocycles. The van der Waals surface area contributed by atoms with E-state index in [1.54, 1.807) is 11.4 Å². The molecule has 1 aromatic carbocycles. The summed E-state index contributed by atoms with van der Waals surface area (Å²) in [5.74, 6) is -2.05. The van der Waals surface area contributed by atoms with E-state index in [1.807, 2.05) is 11.0 Å². The first-order valence-corrected chi connectivity index (χ1v) is 6.09. The van der Waals surface area contributed by atoms with Crippen LogP contribution in [0, 0.1) is 11.3 Å². The number of alkyl halides is 3. The number of rotatable bonds is 2. The Morgan fingerprint density at radius 1 is 1.30 bits per heavy atom. The molecule has 1 amide bonds. The SMILES string of the molecule is N#Cc1cc(NC(=O)C(F)(F)F)ccc1N1CCCC1. The molecule has 0 bridgehead atoms. The van der Waals surface area contributed by atoms with E-state index in [1.165, 1.54) is 12.1 Å². The Balaban J connectivity index is 2.22. The first kappa shape index (κ1) is 14.2. The number of anilines is 2. The average molecular weight is 283 g/mol. The monoisotopic (exact) mass is 283 g/mol. The van der Waals surface area contributed by atoms with E-state index < -0.39 is 12.1 Å². The molecule has 7 heteroatoms. The van der Waals surface area contributed by atoms with Gasteiger partial charge in [0, 0.05) is 18.8 Å². The van der Waals surface area contributed by atoms with E-state index in [-0.39, 0.29) is 11.3 Å². The molecule has 0 aliphatic carbocycles. The summed E-state index contributed by atoms with van der Waals surface area (Å²) in [4.78, 5) is 12.9. The van der Waals surface area contributed by atoms with Crippen molar-refractivity contribution in [3.63, 3.8) is 0 Å². The number of carbonyl (C=O) groups is 1. The van der Waals surface area contributed by atoms with E-state index >= 15 is 0 Å². The van der Waals surface area contributed by atoms with E-state index in [0.29, 0.717) is 5.69 Å². The summed E-state index contributed by atoms with van der Waals surface area (Å²) < 4.78 is 36.5. The molecule has 4 nitrogen and oxygen atoms in total. The van der Waals surface area contributed by atoms with Crippen LogP contribution in [0.25, 0.3) is 0 Å². The summed E-state index contributed by atoms with van der Waals surface area (Å²) in [5, 5.41) is 10.8. The normalized spacial score (nSPS) is 15.0. The van der Waals surface area contributed by atoms with Crippen LogP contribution in [-0.2, 0) is 4.79 Å². The number of hydrogen-bond donors (Lipinski definition) is 1. The second kappa shape index (κ2) is 5.41. The maximum absolute atomic E-state index is 12.2.